The SMILES string of the molecule is CCNC(=NCc1sc(-c2ccccc2)nc1C)N1CCN(C(C)=O)CC1. The Balaban J connectivity index is 1.70. The molecule has 1 fully saturated rings. The van der Waals surface area contributed by atoms with Crippen molar-refractivity contribution in [3.63, 3.8) is 0 Å². The van der Waals surface area contributed by atoms with E-state index in [4.69, 9.17) is 9.98 Å². The van der Waals surface area contributed by atoms with Gasteiger partial charge in [0.05, 0.1) is 12.2 Å². The number of hydrogen-bond acceptors (Lipinski definition) is 4. The number of guanidine groups is 1. The van der Waals surface area contributed by atoms with Gasteiger partial charge >= 0.3 is 0 Å². The maximum Gasteiger partial charge on any atom is 0.219 e. The molecule has 1 amide bonds. The van der Waals surface area contributed by atoms with Crippen LogP contribution in [0.2, 0.25) is 0 Å². The lowest BCUT2D eigenvalue weighted by atomic mass is 10.2. The minimum atomic E-state index is 0.144. The molecule has 2 heterocycles. The van der Waals surface area contributed by atoms with Crippen molar-refractivity contribution in [1.82, 2.24) is 20.1 Å². The van der Waals surface area contributed by atoms with Crippen LogP contribution in [0.15, 0.2) is 35.3 Å². The fourth-order valence-corrected chi connectivity index (χ4v) is 4.08. The number of aryl methyl sites for hydroxylation is 1. The zero-order valence-electron chi connectivity index (χ0n) is 16.2. The third-order valence-electron chi connectivity index (χ3n) is 4.65. The van der Waals surface area contributed by atoms with Crippen LogP contribution >= 0.6 is 11.3 Å². The van der Waals surface area contributed by atoms with E-state index in [1.165, 1.54) is 4.88 Å². The summed E-state index contributed by atoms with van der Waals surface area (Å²) in [5.74, 6) is 1.06. The predicted octanol–water partition coefficient (Wildman–Crippen LogP) is 2.75. The Morgan fingerprint density at radius 3 is 2.48 bits per heavy atom. The average molecular weight is 386 g/mol. The highest BCUT2D eigenvalue weighted by Crippen LogP contribution is 2.28. The Bertz CT molecular complexity index is 794. The van der Waals surface area contributed by atoms with E-state index in [0.717, 1.165) is 54.9 Å². The van der Waals surface area contributed by atoms with Crippen molar-refractivity contribution >= 4 is 23.2 Å². The standard InChI is InChI=1S/C20H27N5OS/c1-4-21-20(25-12-10-24(11-13-25)16(3)26)22-14-18-15(2)23-19(27-18)17-8-6-5-7-9-17/h5-9H,4,10-14H2,1-3H3,(H,21,22). The molecule has 0 atom stereocenters. The second-order valence-electron chi connectivity index (χ2n) is 6.56. The number of aliphatic imine (C=N–C) groups is 1. The second-order valence-corrected chi connectivity index (χ2v) is 7.64. The van der Waals surface area contributed by atoms with Crippen LogP contribution in [0, 0.1) is 6.92 Å². The number of benzene rings is 1. The number of amides is 1. The lowest BCUT2D eigenvalue weighted by molar-refractivity contribution is -0.130. The van der Waals surface area contributed by atoms with E-state index in [2.05, 4.69) is 29.3 Å². The van der Waals surface area contributed by atoms with Gasteiger partial charge in [-0.25, -0.2) is 9.98 Å². The monoisotopic (exact) mass is 385 g/mol. The minimum Gasteiger partial charge on any atom is -0.357 e. The topological polar surface area (TPSA) is 60.8 Å². The molecule has 1 aromatic carbocycles. The molecule has 6 nitrogen and oxygen atoms in total. The summed E-state index contributed by atoms with van der Waals surface area (Å²) in [4.78, 5) is 26.4. The number of piperazine rings is 1. The van der Waals surface area contributed by atoms with Crippen molar-refractivity contribution in [2.24, 2.45) is 4.99 Å². The molecule has 2 aromatic rings. The highest BCUT2D eigenvalue weighted by Gasteiger charge is 2.21. The van der Waals surface area contributed by atoms with Crippen molar-refractivity contribution in [2.75, 3.05) is 32.7 Å². The van der Waals surface area contributed by atoms with E-state index in [-0.39, 0.29) is 5.91 Å². The number of nitrogens with zero attached hydrogens (tertiary/aromatic N) is 4. The van der Waals surface area contributed by atoms with E-state index >= 15 is 0 Å². The number of rotatable bonds is 4. The van der Waals surface area contributed by atoms with Gasteiger partial charge in [-0.2, -0.15) is 0 Å². The van der Waals surface area contributed by atoms with Gasteiger partial charge in [0, 0.05) is 50.1 Å². The number of aromatic nitrogens is 1. The molecule has 1 aliphatic rings. The van der Waals surface area contributed by atoms with Gasteiger partial charge in [-0.15, -0.1) is 11.3 Å². The van der Waals surface area contributed by atoms with Gasteiger partial charge in [0.15, 0.2) is 5.96 Å². The largest absolute Gasteiger partial charge is 0.357 e. The van der Waals surface area contributed by atoms with E-state index in [1.807, 2.05) is 30.0 Å². The highest BCUT2D eigenvalue weighted by molar-refractivity contribution is 7.15. The van der Waals surface area contributed by atoms with Gasteiger partial charge in [-0.05, 0) is 13.8 Å². The van der Waals surface area contributed by atoms with Crippen LogP contribution in [-0.4, -0.2) is 59.4 Å². The lowest BCUT2D eigenvalue weighted by Crippen LogP contribution is -2.53. The molecule has 1 saturated heterocycles. The lowest BCUT2D eigenvalue weighted by Gasteiger charge is -2.36. The molecular formula is C20H27N5OS. The second kappa shape index (κ2) is 8.99. The van der Waals surface area contributed by atoms with Gasteiger partial charge in [0.1, 0.15) is 5.01 Å². The van der Waals surface area contributed by atoms with E-state index < -0.39 is 0 Å². The van der Waals surface area contributed by atoms with Crippen LogP contribution in [-0.2, 0) is 11.3 Å². The Hall–Kier alpha value is -2.41. The molecule has 3 rings (SSSR count). The molecule has 0 saturated carbocycles. The average Bonchev–Trinajstić information content (AvgIpc) is 3.06. The van der Waals surface area contributed by atoms with Gasteiger partial charge in [-0.1, -0.05) is 30.3 Å². The Morgan fingerprint density at radius 2 is 1.85 bits per heavy atom. The van der Waals surface area contributed by atoms with E-state index in [9.17, 15) is 4.79 Å². The molecule has 7 heteroatoms. The van der Waals surface area contributed by atoms with Crippen LogP contribution in [0.25, 0.3) is 10.6 Å². The predicted molar refractivity (Wildman–Crippen MR) is 111 cm³/mol. The molecule has 0 unspecified atom stereocenters. The van der Waals surface area contributed by atoms with E-state index in [1.54, 1.807) is 18.3 Å². The molecular weight excluding hydrogens is 358 g/mol. The quantitative estimate of drug-likeness (QED) is 0.649. The maximum atomic E-state index is 11.5. The van der Waals surface area contributed by atoms with E-state index in [0.29, 0.717) is 6.54 Å². The molecule has 0 bridgehead atoms. The molecule has 0 radical (unpaired) electrons. The minimum absolute atomic E-state index is 0.144. The number of carbonyl (C=O) groups is 1. The number of hydrogen-bond donors (Lipinski definition) is 1. The van der Waals surface area contributed by atoms with Crippen molar-refractivity contribution in [3.05, 3.63) is 40.9 Å². The first-order chi connectivity index (χ1) is 13.1. The van der Waals surface area contributed by atoms with Crippen LogP contribution in [0.5, 0.6) is 0 Å². The Kier molecular flexibility index (Phi) is 6.45. The first-order valence-electron chi connectivity index (χ1n) is 9.39. The fraction of sp³-hybridized carbons (Fsp3) is 0.450. The van der Waals surface area contributed by atoms with Gasteiger partial charge in [-0.3, -0.25) is 4.79 Å². The fourth-order valence-electron chi connectivity index (χ4n) is 3.08. The summed E-state index contributed by atoms with van der Waals surface area (Å²) in [7, 11) is 0. The summed E-state index contributed by atoms with van der Waals surface area (Å²) < 4.78 is 0. The molecule has 0 spiro atoms. The molecule has 1 aliphatic heterocycles. The summed E-state index contributed by atoms with van der Waals surface area (Å²) in [6.07, 6.45) is 0. The summed E-state index contributed by atoms with van der Waals surface area (Å²) >= 11 is 1.71. The Morgan fingerprint density at radius 1 is 1.19 bits per heavy atom. The summed E-state index contributed by atoms with van der Waals surface area (Å²) in [5, 5.41) is 4.42. The summed E-state index contributed by atoms with van der Waals surface area (Å²) in [5.41, 5.74) is 2.19. The first kappa shape index (κ1) is 19.4. The summed E-state index contributed by atoms with van der Waals surface area (Å²) in [6, 6.07) is 10.3. The van der Waals surface area contributed by atoms with Gasteiger partial charge < -0.3 is 15.1 Å². The summed E-state index contributed by atoms with van der Waals surface area (Å²) in [6.45, 7) is 10.3. The highest BCUT2D eigenvalue weighted by atomic mass is 32.1. The van der Waals surface area contributed by atoms with Crippen LogP contribution < -0.4 is 5.32 Å². The van der Waals surface area contributed by atoms with Crippen molar-refractivity contribution in [1.29, 1.82) is 0 Å². The normalized spacial score (nSPS) is 15.1. The van der Waals surface area contributed by atoms with Gasteiger partial charge in [0.2, 0.25) is 5.91 Å². The maximum absolute atomic E-state index is 11.5. The zero-order chi connectivity index (χ0) is 19.2. The molecule has 1 aromatic heterocycles. The van der Waals surface area contributed by atoms with Crippen molar-refractivity contribution in [3.8, 4) is 10.6 Å². The number of nitrogens with one attached hydrogen (secondary N) is 1. The molecule has 1 N–H and O–H groups in total. The molecule has 0 aliphatic carbocycles. The van der Waals surface area contributed by atoms with Crippen molar-refractivity contribution < 1.29 is 4.79 Å². The Labute approximate surface area is 164 Å². The third kappa shape index (κ3) is 4.86. The zero-order valence-corrected chi connectivity index (χ0v) is 17.1. The first-order valence-corrected chi connectivity index (χ1v) is 10.2. The van der Waals surface area contributed by atoms with Gasteiger partial charge in [0.25, 0.3) is 0 Å². The molecule has 27 heavy (non-hydrogen) atoms. The van der Waals surface area contributed by atoms with Crippen LogP contribution in [0.3, 0.4) is 0 Å². The number of thiazole rings is 1. The van der Waals surface area contributed by atoms with Crippen molar-refractivity contribution in [2.45, 2.75) is 27.3 Å². The third-order valence-corrected chi connectivity index (χ3v) is 5.84. The smallest absolute Gasteiger partial charge is 0.219 e. The van der Waals surface area contributed by atoms with Crippen LogP contribution in [0.1, 0.15) is 24.4 Å². The number of carbonyl (C=O) groups excluding carboxylic acids is 1. The van der Waals surface area contributed by atoms with Crippen LogP contribution in [0.4, 0.5) is 0 Å². The molecule has 144 valence electrons.